The second-order valence-electron chi connectivity index (χ2n) is 6.80. The number of benzene rings is 2. The van der Waals surface area contributed by atoms with Gasteiger partial charge in [-0.2, -0.15) is 0 Å². The van der Waals surface area contributed by atoms with E-state index >= 15 is 0 Å². The quantitative estimate of drug-likeness (QED) is 0.903. The van der Waals surface area contributed by atoms with Gasteiger partial charge in [-0.15, -0.1) is 0 Å². The van der Waals surface area contributed by atoms with Crippen molar-refractivity contribution in [2.75, 3.05) is 23.3 Å². The lowest BCUT2D eigenvalue weighted by Crippen LogP contribution is -2.52. The van der Waals surface area contributed by atoms with Gasteiger partial charge >= 0.3 is 0 Å². The minimum Gasteiger partial charge on any atom is -0.323 e. The van der Waals surface area contributed by atoms with Gasteiger partial charge in [0.2, 0.25) is 11.8 Å². The van der Waals surface area contributed by atoms with Crippen LogP contribution in [0.4, 0.5) is 15.8 Å². The monoisotopic (exact) mass is 353 g/mol. The maximum atomic E-state index is 13.5. The van der Waals surface area contributed by atoms with Gasteiger partial charge in [-0.05, 0) is 48.7 Å². The van der Waals surface area contributed by atoms with Gasteiger partial charge < -0.3 is 5.32 Å². The summed E-state index contributed by atoms with van der Waals surface area (Å²) in [6, 6.07) is 11.7. The summed E-state index contributed by atoms with van der Waals surface area (Å²) in [5, 5.41) is 2.79. The number of fused-ring (bicyclic) bond motifs is 2. The predicted octanol–water partition coefficient (Wildman–Crippen LogP) is 2.56. The topological polar surface area (TPSA) is 52.7 Å². The zero-order chi connectivity index (χ0) is 18.3. The van der Waals surface area contributed by atoms with Crippen LogP contribution in [0.2, 0.25) is 0 Å². The molecular formula is C20H20FN3O2. The van der Waals surface area contributed by atoms with Crippen molar-refractivity contribution in [1.82, 2.24) is 4.90 Å². The third-order valence-corrected chi connectivity index (χ3v) is 5.15. The minimum atomic E-state index is -0.398. The summed E-state index contributed by atoms with van der Waals surface area (Å²) in [7, 11) is 0. The predicted molar refractivity (Wildman–Crippen MR) is 97.4 cm³/mol. The number of nitrogens with zero attached hydrogens (tertiary/aromatic N) is 2. The SMILES string of the molecule is CC(C(=O)N1CC(=O)Nc2ccccc21)N1CCc2ccc(F)cc2C1. The Balaban J connectivity index is 1.56. The summed E-state index contributed by atoms with van der Waals surface area (Å²) in [5.41, 5.74) is 3.42. The molecule has 2 heterocycles. The summed E-state index contributed by atoms with van der Waals surface area (Å²) >= 11 is 0. The maximum absolute atomic E-state index is 13.5. The summed E-state index contributed by atoms with van der Waals surface area (Å²) in [6.45, 7) is 3.12. The lowest BCUT2D eigenvalue weighted by Gasteiger charge is -2.37. The largest absolute Gasteiger partial charge is 0.323 e. The molecule has 4 rings (SSSR count). The molecule has 0 fully saturated rings. The number of carbonyl (C=O) groups excluding carboxylic acids is 2. The molecule has 26 heavy (non-hydrogen) atoms. The molecule has 0 saturated heterocycles. The Morgan fingerprint density at radius 1 is 1.15 bits per heavy atom. The van der Waals surface area contributed by atoms with E-state index in [-0.39, 0.29) is 24.2 Å². The number of carbonyl (C=O) groups is 2. The first kappa shape index (κ1) is 16.7. The minimum absolute atomic E-state index is 0.0131. The zero-order valence-corrected chi connectivity index (χ0v) is 14.5. The Hall–Kier alpha value is -2.73. The Morgan fingerprint density at radius 2 is 1.96 bits per heavy atom. The van der Waals surface area contributed by atoms with Crippen molar-refractivity contribution in [2.45, 2.75) is 25.9 Å². The van der Waals surface area contributed by atoms with E-state index in [1.54, 1.807) is 17.0 Å². The number of hydrogen-bond acceptors (Lipinski definition) is 3. The van der Waals surface area contributed by atoms with Crippen molar-refractivity contribution in [3.63, 3.8) is 0 Å². The van der Waals surface area contributed by atoms with Crippen LogP contribution in [-0.4, -0.2) is 35.8 Å². The van der Waals surface area contributed by atoms with E-state index in [1.165, 1.54) is 6.07 Å². The molecule has 2 aromatic rings. The second-order valence-corrected chi connectivity index (χ2v) is 6.80. The number of amides is 2. The van der Waals surface area contributed by atoms with Gasteiger partial charge in [-0.25, -0.2) is 4.39 Å². The average Bonchev–Trinajstić information content (AvgIpc) is 2.65. The van der Waals surface area contributed by atoms with Crippen molar-refractivity contribution < 1.29 is 14.0 Å². The normalized spacial score (nSPS) is 17.9. The molecule has 1 atom stereocenters. The fraction of sp³-hybridized carbons (Fsp3) is 0.300. The molecule has 0 bridgehead atoms. The highest BCUT2D eigenvalue weighted by molar-refractivity contribution is 6.11. The van der Waals surface area contributed by atoms with Crippen LogP contribution in [0.5, 0.6) is 0 Å². The van der Waals surface area contributed by atoms with E-state index in [2.05, 4.69) is 5.32 Å². The van der Waals surface area contributed by atoms with Crippen molar-refractivity contribution in [1.29, 1.82) is 0 Å². The molecule has 6 heteroatoms. The fourth-order valence-corrected chi connectivity index (χ4v) is 3.69. The molecule has 2 amide bonds. The summed E-state index contributed by atoms with van der Waals surface area (Å²) in [6.07, 6.45) is 0.782. The molecule has 134 valence electrons. The first-order chi connectivity index (χ1) is 12.5. The van der Waals surface area contributed by atoms with Crippen molar-refractivity contribution in [3.8, 4) is 0 Å². The third kappa shape index (κ3) is 2.97. The van der Waals surface area contributed by atoms with Crippen LogP contribution in [0.15, 0.2) is 42.5 Å². The molecule has 0 radical (unpaired) electrons. The van der Waals surface area contributed by atoms with Gasteiger partial charge in [0.15, 0.2) is 0 Å². The van der Waals surface area contributed by atoms with Gasteiger partial charge in [0.1, 0.15) is 12.4 Å². The molecule has 0 aliphatic carbocycles. The van der Waals surface area contributed by atoms with E-state index in [1.807, 2.05) is 36.1 Å². The van der Waals surface area contributed by atoms with E-state index < -0.39 is 6.04 Å². The van der Waals surface area contributed by atoms with Crippen LogP contribution >= 0.6 is 0 Å². The lowest BCUT2D eigenvalue weighted by molar-refractivity contribution is -0.125. The highest BCUT2D eigenvalue weighted by atomic mass is 19.1. The van der Waals surface area contributed by atoms with Crippen LogP contribution in [0.25, 0.3) is 0 Å². The number of anilines is 2. The fourth-order valence-electron chi connectivity index (χ4n) is 3.69. The second kappa shape index (κ2) is 6.53. The molecule has 1 N–H and O–H groups in total. The third-order valence-electron chi connectivity index (χ3n) is 5.15. The first-order valence-corrected chi connectivity index (χ1v) is 8.74. The first-order valence-electron chi connectivity index (χ1n) is 8.74. The Morgan fingerprint density at radius 3 is 2.81 bits per heavy atom. The van der Waals surface area contributed by atoms with Gasteiger partial charge in [-0.1, -0.05) is 18.2 Å². The van der Waals surface area contributed by atoms with Crippen LogP contribution in [0.1, 0.15) is 18.1 Å². The molecule has 2 aromatic carbocycles. The van der Waals surface area contributed by atoms with Crippen LogP contribution in [-0.2, 0) is 22.6 Å². The highest BCUT2D eigenvalue weighted by Gasteiger charge is 2.33. The Bertz CT molecular complexity index is 883. The van der Waals surface area contributed by atoms with Gasteiger partial charge in [-0.3, -0.25) is 19.4 Å². The number of nitrogens with one attached hydrogen (secondary N) is 1. The Kier molecular flexibility index (Phi) is 4.20. The van der Waals surface area contributed by atoms with Gasteiger partial charge in [0, 0.05) is 13.1 Å². The Labute approximate surface area is 151 Å². The van der Waals surface area contributed by atoms with Crippen LogP contribution in [0.3, 0.4) is 0 Å². The maximum Gasteiger partial charge on any atom is 0.244 e. The number of hydrogen-bond donors (Lipinski definition) is 1. The molecule has 2 aliphatic heterocycles. The zero-order valence-electron chi connectivity index (χ0n) is 14.5. The van der Waals surface area contributed by atoms with E-state index in [9.17, 15) is 14.0 Å². The smallest absolute Gasteiger partial charge is 0.244 e. The molecule has 0 aromatic heterocycles. The van der Waals surface area contributed by atoms with E-state index in [0.717, 1.165) is 24.1 Å². The lowest BCUT2D eigenvalue weighted by atomic mass is 9.98. The van der Waals surface area contributed by atoms with Gasteiger partial charge in [0.05, 0.1) is 17.4 Å². The van der Waals surface area contributed by atoms with E-state index in [4.69, 9.17) is 0 Å². The molecule has 1 unspecified atom stereocenters. The molecule has 0 saturated carbocycles. The van der Waals surface area contributed by atoms with Crippen LogP contribution < -0.4 is 10.2 Å². The van der Waals surface area contributed by atoms with Gasteiger partial charge in [0.25, 0.3) is 0 Å². The molecule has 2 aliphatic rings. The van der Waals surface area contributed by atoms with Crippen molar-refractivity contribution in [3.05, 3.63) is 59.4 Å². The summed E-state index contributed by atoms with van der Waals surface area (Å²) in [5.74, 6) is -0.575. The number of rotatable bonds is 2. The molecule has 5 nitrogen and oxygen atoms in total. The standard InChI is InChI=1S/C20H20FN3O2/c1-13(23-9-8-14-6-7-16(21)10-15(14)11-23)20(26)24-12-19(25)22-17-4-2-3-5-18(17)24/h2-7,10,13H,8-9,11-12H2,1H3,(H,22,25). The summed E-state index contributed by atoms with van der Waals surface area (Å²) in [4.78, 5) is 28.7. The highest BCUT2D eigenvalue weighted by Crippen LogP contribution is 2.30. The average molecular weight is 353 g/mol. The van der Waals surface area contributed by atoms with Crippen molar-refractivity contribution in [2.24, 2.45) is 0 Å². The summed E-state index contributed by atoms with van der Waals surface area (Å²) < 4.78 is 13.5. The number of halogens is 1. The van der Waals surface area contributed by atoms with E-state index in [0.29, 0.717) is 17.9 Å². The molecular weight excluding hydrogens is 333 g/mol. The van der Waals surface area contributed by atoms with Crippen molar-refractivity contribution >= 4 is 23.2 Å². The number of para-hydroxylation sites is 2. The van der Waals surface area contributed by atoms with Crippen LogP contribution in [0, 0.1) is 5.82 Å². The molecule has 0 spiro atoms.